The molecule has 2 aromatic carbocycles. The fraction of sp³-hybridized carbons (Fsp3) is 0.381. The van der Waals surface area contributed by atoms with Gasteiger partial charge in [0.05, 0.1) is 0 Å². The van der Waals surface area contributed by atoms with Gasteiger partial charge < -0.3 is 9.64 Å². The lowest BCUT2D eigenvalue weighted by molar-refractivity contribution is -0.137. The Bertz CT molecular complexity index is 696. The molecule has 0 saturated heterocycles. The van der Waals surface area contributed by atoms with E-state index in [4.69, 9.17) is 4.74 Å². The molecule has 1 amide bonds. The predicted molar refractivity (Wildman–Crippen MR) is 96.1 cm³/mol. The summed E-state index contributed by atoms with van der Waals surface area (Å²) < 4.78 is 6.04. The standard InChI is InChI=1S/C21H25NO2/c1-16(21(23)22(2)15-17-9-4-3-5-10-17)24-20-14-8-12-18-11-6-7-13-19(18)20/h3-5,8-10,12,14,16H,6-7,11,13,15H2,1-2H3/t16-/m1/s1. The van der Waals surface area contributed by atoms with Crippen LogP contribution in [0.25, 0.3) is 0 Å². The minimum Gasteiger partial charge on any atom is -0.481 e. The first kappa shape index (κ1) is 16.6. The highest BCUT2D eigenvalue weighted by Gasteiger charge is 2.22. The number of amides is 1. The summed E-state index contributed by atoms with van der Waals surface area (Å²) >= 11 is 0. The average molecular weight is 323 g/mol. The van der Waals surface area contributed by atoms with Crippen LogP contribution in [0, 0.1) is 0 Å². The topological polar surface area (TPSA) is 29.5 Å². The Labute approximate surface area is 144 Å². The van der Waals surface area contributed by atoms with Gasteiger partial charge in [0, 0.05) is 13.6 Å². The van der Waals surface area contributed by atoms with Crippen molar-refractivity contribution in [1.82, 2.24) is 4.90 Å². The molecular formula is C21H25NO2. The SMILES string of the molecule is C[C@@H](Oc1cccc2c1CCCC2)C(=O)N(C)Cc1ccccc1. The molecule has 0 saturated carbocycles. The van der Waals surface area contributed by atoms with Gasteiger partial charge in [0.2, 0.25) is 0 Å². The van der Waals surface area contributed by atoms with Crippen molar-refractivity contribution in [3.8, 4) is 5.75 Å². The van der Waals surface area contributed by atoms with Crippen LogP contribution in [-0.2, 0) is 24.2 Å². The molecule has 3 nitrogen and oxygen atoms in total. The average Bonchev–Trinajstić information content (AvgIpc) is 2.62. The van der Waals surface area contributed by atoms with Crippen LogP contribution >= 0.6 is 0 Å². The van der Waals surface area contributed by atoms with Crippen LogP contribution in [0.4, 0.5) is 0 Å². The number of hydrogen-bond donors (Lipinski definition) is 0. The fourth-order valence-corrected chi connectivity index (χ4v) is 3.34. The van der Waals surface area contributed by atoms with Gasteiger partial charge in [0.15, 0.2) is 6.10 Å². The lowest BCUT2D eigenvalue weighted by Gasteiger charge is -2.25. The Kier molecular flexibility index (Phi) is 5.19. The Balaban J connectivity index is 1.66. The van der Waals surface area contributed by atoms with E-state index in [0.29, 0.717) is 6.54 Å². The molecule has 0 aliphatic heterocycles. The number of benzene rings is 2. The van der Waals surface area contributed by atoms with Gasteiger partial charge in [-0.25, -0.2) is 0 Å². The predicted octanol–water partition coefficient (Wildman–Crippen LogP) is 3.99. The number of likely N-dealkylation sites (N-methyl/N-ethyl adjacent to an activating group) is 1. The van der Waals surface area contributed by atoms with Crippen molar-refractivity contribution in [3.05, 3.63) is 65.2 Å². The maximum Gasteiger partial charge on any atom is 0.263 e. The van der Waals surface area contributed by atoms with Crippen molar-refractivity contribution >= 4 is 5.91 Å². The molecule has 3 heteroatoms. The van der Waals surface area contributed by atoms with E-state index >= 15 is 0 Å². The number of aryl methyl sites for hydroxylation is 1. The van der Waals surface area contributed by atoms with E-state index in [0.717, 1.165) is 24.2 Å². The Morgan fingerprint density at radius 1 is 1.08 bits per heavy atom. The summed E-state index contributed by atoms with van der Waals surface area (Å²) in [6.45, 7) is 2.44. The minimum absolute atomic E-state index is 0.00673. The second-order valence-electron chi connectivity index (χ2n) is 6.54. The van der Waals surface area contributed by atoms with Crippen molar-refractivity contribution in [2.75, 3.05) is 7.05 Å². The zero-order valence-electron chi connectivity index (χ0n) is 14.5. The second-order valence-corrected chi connectivity index (χ2v) is 6.54. The smallest absolute Gasteiger partial charge is 0.263 e. The van der Waals surface area contributed by atoms with Gasteiger partial charge in [0.1, 0.15) is 5.75 Å². The van der Waals surface area contributed by atoms with Crippen LogP contribution in [0.15, 0.2) is 48.5 Å². The van der Waals surface area contributed by atoms with Crippen LogP contribution in [0.3, 0.4) is 0 Å². The molecule has 1 aliphatic carbocycles. The summed E-state index contributed by atoms with van der Waals surface area (Å²) in [5, 5.41) is 0. The number of rotatable bonds is 5. The van der Waals surface area contributed by atoms with E-state index in [9.17, 15) is 4.79 Å². The molecule has 0 N–H and O–H groups in total. The number of carbonyl (C=O) groups excluding carboxylic acids is 1. The van der Waals surface area contributed by atoms with Crippen LogP contribution < -0.4 is 4.74 Å². The summed E-state index contributed by atoms with van der Waals surface area (Å²) in [5.74, 6) is 0.883. The van der Waals surface area contributed by atoms with Crippen molar-refractivity contribution in [2.24, 2.45) is 0 Å². The monoisotopic (exact) mass is 323 g/mol. The van der Waals surface area contributed by atoms with Gasteiger partial charge in [-0.3, -0.25) is 4.79 Å². The van der Waals surface area contributed by atoms with Crippen molar-refractivity contribution in [3.63, 3.8) is 0 Å². The maximum atomic E-state index is 12.6. The molecule has 0 unspecified atom stereocenters. The van der Waals surface area contributed by atoms with Crippen molar-refractivity contribution in [1.29, 1.82) is 0 Å². The van der Waals surface area contributed by atoms with E-state index in [1.807, 2.05) is 56.4 Å². The first-order valence-corrected chi connectivity index (χ1v) is 8.71. The normalized spacial score (nSPS) is 14.6. The van der Waals surface area contributed by atoms with Gasteiger partial charge in [-0.2, -0.15) is 0 Å². The molecule has 2 aromatic rings. The van der Waals surface area contributed by atoms with Crippen LogP contribution in [-0.4, -0.2) is 24.0 Å². The Morgan fingerprint density at radius 3 is 2.62 bits per heavy atom. The zero-order chi connectivity index (χ0) is 16.9. The molecule has 0 spiro atoms. The van der Waals surface area contributed by atoms with Crippen LogP contribution in [0.2, 0.25) is 0 Å². The molecule has 0 heterocycles. The van der Waals surface area contributed by atoms with Gasteiger partial charge >= 0.3 is 0 Å². The molecule has 0 bridgehead atoms. The molecule has 0 fully saturated rings. The number of fused-ring (bicyclic) bond motifs is 1. The Morgan fingerprint density at radius 2 is 1.83 bits per heavy atom. The third kappa shape index (κ3) is 3.78. The minimum atomic E-state index is -0.480. The molecule has 0 aromatic heterocycles. The summed E-state index contributed by atoms with van der Waals surface area (Å²) in [7, 11) is 1.83. The first-order valence-electron chi connectivity index (χ1n) is 8.71. The largest absolute Gasteiger partial charge is 0.481 e. The second kappa shape index (κ2) is 7.52. The van der Waals surface area contributed by atoms with E-state index in [1.54, 1.807) is 4.90 Å². The summed E-state index contributed by atoms with van der Waals surface area (Å²) in [4.78, 5) is 14.4. The van der Waals surface area contributed by atoms with E-state index in [2.05, 4.69) is 6.07 Å². The molecule has 126 valence electrons. The number of carbonyl (C=O) groups is 1. The number of nitrogens with zero attached hydrogens (tertiary/aromatic N) is 1. The summed E-state index contributed by atoms with van der Waals surface area (Å²) in [5.41, 5.74) is 3.78. The molecule has 24 heavy (non-hydrogen) atoms. The lowest BCUT2D eigenvalue weighted by Crippen LogP contribution is -2.37. The summed E-state index contributed by atoms with van der Waals surface area (Å²) in [6, 6.07) is 16.2. The van der Waals surface area contributed by atoms with Crippen molar-refractivity contribution in [2.45, 2.75) is 45.3 Å². The highest BCUT2D eigenvalue weighted by molar-refractivity contribution is 5.80. The van der Waals surface area contributed by atoms with Gasteiger partial charge in [-0.15, -0.1) is 0 Å². The molecule has 0 radical (unpaired) electrons. The number of hydrogen-bond acceptors (Lipinski definition) is 2. The fourth-order valence-electron chi connectivity index (χ4n) is 3.34. The van der Waals surface area contributed by atoms with Gasteiger partial charge in [-0.05, 0) is 55.4 Å². The third-order valence-electron chi connectivity index (χ3n) is 4.64. The van der Waals surface area contributed by atoms with Crippen LogP contribution in [0.1, 0.15) is 36.5 Å². The highest BCUT2D eigenvalue weighted by atomic mass is 16.5. The molecule has 1 atom stereocenters. The zero-order valence-corrected chi connectivity index (χ0v) is 14.5. The molecule has 1 aliphatic rings. The van der Waals surface area contributed by atoms with Crippen LogP contribution in [0.5, 0.6) is 5.75 Å². The van der Waals surface area contributed by atoms with E-state index in [-0.39, 0.29) is 5.91 Å². The lowest BCUT2D eigenvalue weighted by atomic mass is 9.91. The molecule has 3 rings (SSSR count). The quantitative estimate of drug-likeness (QED) is 0.832. The van der Waals surface area contributed by atoms with E-state index in [1.165, 1.54) is 24.0 Å². The number of ether oxygens (including phenoxy) is 1. The third-order valence-corrected chi connectivity index (χ3v) is 4.64. The van der Waals surface area contributed by atoms with Gasteiger partial charge in [-0.1, -0.05) is 42.5 Å². The first-order chi connectivity index (χ1) is 11.6. The van der Waals surface area contributed by atoms with E-state index < -0.39 is 6.10 Å². The maximum absolute atomic E-state index is 12.6. The summed E-state index contributed by atoms with van der Waals surface area (Å²) in [6.07, 6.45) is 4.12. The highest BCUT2D eigenvalue weighted by Crippen LogP contribution is 2.30. The van der Waals surface area contributed by atoms with Crippen molar-refractivity contribution < 1.29 is 9.53 Å². The van der Waals surface area contributed by atoms with Gasteiger partial charge in [0.25, 0.3) is 5.91 Å². The Hall–Kier alpha value is -2.29. The molecular weight excluding hydrogens is 298 g/mol.